The van der Waals surface area contributed by atoms with E-state index in [0.29, 0.717) is 22.9 Å². The first-order valence-corrected chi connectivity index (χ1v) is 9.86. The minimum Gasteiger partial charge on any atom is -0.488 e. The zero-order valence-electron chi connectivity index (χ0n) is 16.3. The minimum absolute atomic E-state index is 0.204. The molecular formula is C25H17ClN2O3. The minimum atomic E-state index is -0.984. The van der Waals surface area contributed by atoms with E-state index in [1.807, 2.05) is 54.7 Å². The third-order valence-electron chi connectivity index (χ3n) is 4.88. The molecule has 0 amide bonds. The first-order valence-electron chi connectivity index (χ1n) is 9.48. The second-order valence-electron chi connectivity index (χ2n) is 6.83. The van der Waals surface area contributed by atoms with Crippen LogP contribution in [0.2, 0.25) is 5.02 Å². The van der Waals surface area contributed by atoms with Gasteiger partial charge in [-0.25, -0.2) is 4.79 Å². The number of para-hydroxylation sites is 1. The lowest BCUT2D eigenvalue weighted by Gasteiger charge is -2.12. The topological polar surface area (TPSA) is 75.2 Å². The zero-order valence-corrected chi connectivity index (χ0v) is 17.1. The van der Waals surface area contributed by atoms with E-state index in [2.05, 4.69) is 6.07 Å². The van der Waals surface area contributed by atoms with E-state index in [-0.39, 0.29) is 5.56 Å². The van der Waals surface area contributed by atoms with Crippen LogP contribution in [-0.2, 0) is 6.61 Å². The van der Waals surface area contributed by atoms with Gasteiger partial charge < -0.3 is 14.4 Å². The number of aromatic carboxylic acids is 1. The Bertz CT molecular complexity index is 1290. The van der Waals surface area contributed by atoms with E-state index in [9.17, 15) is 10.1 Å². The van der Waals surface area contributed by atoms with Crippen LogP contribution in [-0.4, -0.2) is 15.6 Å². The third-order valence-corrected chi connectivity index (χ3v) is 5.25. The van der Waals surface area contributed by atoms with Crippen molar-refractivity contribution in [2.45, 2.75) is 6.61 Å². The first-order chi connectivity index (χ1) is 15.1. The fraction of sp³-hybridized carbons (Fsp3) is 0.0400. The quantitative estimate of drug-likeness (QED) is 0.412. The Morgan fingerprint density at radius 3 is 2.39 bits per heavy atom. The van der Waals surface area contributed by atoms with Gasteiger partial charge >= 0.3 is 5.97 Å². The lowest BCUT2D eigenvalue weighted by atomic mass is 10.0. The highest BCUT2D eigenvalue weighted by Gasteiger charge is 2.15. The SMILES string of the molecule is N#Cc1cn(-c2ccc(C(=O)O)cc2)cc1-c1ccccc1OCc1ccccc1Cl. The number of ether oxygens (including phenoxy) is 1. The van der Waals surface area contributed by atoms with Gasteiger partial charge in [0.2, 0.25) is 0 Å². The highest BCUT2D eigenvalue weighted by molar-refractivity contribution is 6.31. The molecular weight excluding hydrogens is 412 g/mol. The van der Waals surface area contributed by atoms with Crippen molar-refractivity contribution < 1.29 is 14.6 Å². The molecule has 0 bridgehead atoms. The van der Waals surface area contributed by atoms with Gasteiger partial charge in [-0.05, 0) is 36.4 Å². The lowest BCUT2D eigenvalue weighted by molar-refractivity contribution is 0.0697. The largest absolute Gasteiger partial charge is 0.488 e. The Labute approximate surface area is 184 Å². The van der Waals surface area contributed by atoms with Gasteiger partial charge in [0, 0.05) is 39.8 Å². The van der Waals surface area contributed by atoms with E-state index < -0.39 is 5.97 Å². The molecule has 1 aromatic heterocycles. The molecule has 3 aromatic carbocycles. The number of halogens is 1. The molecule has 0 fully saturated rings. The molecule has 0 aliphatic rings. The number of carboxylic acids is 1. The van der Waals surface area contributed by atoms with Crippen LogP contribution in [0.1, 0.15) is 21.5 Å². The number of rotatable bonds is 6. The molecule has 4 rings (SSSR count). The van der Waals surface area contributed by atoms with Crippen molar-refractivity contribution in [2.75, 3.05) is 0 Å². The van der Waals surface area contributed by atoms with Crippen molar-refractivity contribution in [3.63, 3.8) is 0 Å². The number of nitrogens with zero attached hydrogens (tertiary/aromatic N) is 2. The molecule has 1 heterocycles. The summed E-state index contributed by atoms with van der Waals surface area (Å²) < 4.78 is 7.84. The van der Waals surface area contributed by atoms with Gasteiger partial charge in [0.25, 0.3) is 0 Å². The summed E-state index contributed by atoms with van der Waals surface area (Å²) in [5, 5.41) is 19.4. The first kappa shape index (κ1) is 20.3. The highest BCUT2D eigenvalue weighted by Crippen LogP contribution is 2.34. The summed E-state index contributed by atoms with van der Waals surface area (Å²) in [6.07, 6.45) is 3.56. The molecule has 5 nitrogen and oxygen atoms in total. The Morgan fingerprint density at radius 2 is 1.68 bits per heavy atom. The standard InChI is InChI=1S/C25H17ClN2O3/c26-23-7-3-1-5-18(23)16-31-24-8-4-2-6-21(24)22-15-28(14-19(22)13-27)20-11-9-17(10-12-20)25(29)30/h1-12,14-15H,16H2,(H,29,30). The van der Waals surface area contributed by atoms with Gasteiger partial charge in [-0.1, -0.05) is 48.0 Å². The number of hydrogen-bond donors (Lipinski definition) is 1. The fourth-order valence-corrected chi connectivity index (χ4v) is 3.46. The third kappa shape index (κ3) is 4.30. The maximum Gasteiger partial charge on any atom is 0.335 e. The Morgan fingerprint density at radius 1 is 0.968 bits per heavy atom. The number of nitriles is 1. The van der Waals surface area contributed by atoms with E-state index in [1.165, 1.54) is 12.1 Å². The average molecular weight is 429 g/mol. The number of hydrogen-bond acceptors (Lipinski definition) is 3. The molecule has 1 N–H and O–H groups in total. The molecule has 0 atom stereocenters. The van der Waals surface area contributed by atoms with Crippen molar-refractivity contribution in [3.8, 4) is 28.6 Å². The van der Waals surface area contributed by atoms with E-state index in [1.54, 1.807) is 22.9 Å². The van der Waals surface area contributed by atoms with Crippen molar-refractivity contribution in [3.05, 3.63) is 107 Å². The van der Waals surface area contributed by atoms with Crippen LogP contribution in [0.4, 0.5) is 0 Å². The van der Waals surface area contributed by atoms with Crippen molar-refractivity contribution >= 4 is 17.6 Å². The van der Waals surface area contributed by atoms with Gasteiger partial charge in [-0.3, -0.25) is 0 Å². The molecule has 0 saturated heterocycles. The van der Waals surface area contributed by atoms with Crippen molar-refractivity contribution in [1.82, 2.24) is 4.57 Å². The summed E-state index contributed by atoms with van der Waals surface area (Å²) in [5.74, 6) is -0.347. The summed E-state index contributed by atoms with van der Waals surface area (Å²) in [6, 6.07) is 23.7. The summed E-state index contributed by atoms with van der Waals surface area (Å²) >= 11 is 6.23. The molecule has 0 aliphatic carbocycles. The van der Waals surface area contributed by atoms with Crippen molar-refractivity contribution in [1.29, 1.82) is 5.26 Å². The monoisotopic (exact) mass is 428 g/mol. The van der Waals surface area contributed by atoms with E-state index >= 15 is 0 Å². The molecule has 0 aliphatic heterocycles. The molecule has 31 heavy (non-hydrogen) atoms. The van der Waals surface area contributed by atoms with Gasteiger partial charge in [0.05, 0.1) is 11.1 Å². The second kappa shape index (κ2) is 8.78. The maximum atomic E-state index is 11.1. The van der Waals surface area contributed by atoms with Crippen LogP contribution in [0.15, 0.2) is 85.2 Å². The number of carboxylic acid groups (broad SMARTS) is 1. The summed E-state index contributed by atoms with van der Waals surface area (Å²) in [5.41, 5.74) is 3.82. The number of carbonyl (C=O) groups is 1. The van der Waals surface area contributed by atoms with Gasteiger partial charge in [0.1, 0.15) is 18.4 Å². The van der Waals surface area contributed by atoms with Crippen LogP contribution < -0.4 is 4.74 Å². The average Bonchev–Trinajstić information content (AvgIpc) is 3.23. The molecule has 4 aromatic rings. The fourth-order valence-electron chi connectivity index (χ4n) is 3.27. The Kier molecular flexibility index (Phi) is 5.74. The number of aromatic nitrogens is 1. The second-order valence-corrected chi connectivity index (χ2v) is 7.24. The van der Waals surface area contributed by atoms with Gasteiger partial charge in [-0.2, -0.15) is 5.26 Å². The summed E-state index contributed by atoms with van der Waals surface area (Å²) in [6.45, 7) is 0.302. The van der Waals surface area contributed by atoms with Gasteiger partial charge in [-0.15, -0.1) is 0 Å². The molecule has 0 saturated carbocycles. The summed E-state index contributed by atoms with van der Waals surface area (Å²) in [7, 11) is 0. The molecule has 0 spiro atoms. The maximum absolute atomic E-state index is 11.1. The Hall–Kier alpha value is -4.01. The smallest absolute Gasteiger partial charge is 0.335 e. The molecule has 152 valence electrons. The molecule has 6 heteroatoms. The zero-order chi connectivity index (χ0) is 21.8. The van der Waals surface area contributed by atoms with Crippen LogP contribution >= 0.6 is 11.6 Å². The van der Waals surface area contributed by atoms with E-state index in [0.717, 1.165) is 22.4 Å². The van der Waals surface area contributed by atoms with Crippen LogP contribution in [0.5, 0.6) is 5.75 Å². The van der Waals surface area contributed by atoms with Crippen molar-refractivity contribution in [2.24, 2.45) is 0 Å². The molecule has 0 unspecified atom stereocenters. The van der Waals surface area contributed by atoms with Crippen LogP contribution in [0.3, 0.4) is 0 Å². The Balaban J connectivity index is 1.68. The van der Waals surface area contributed by atoms with E-state index in [4.69, 9.17) is 21.4 Å². The van der Waals surface area contributed by atoms with Crippen LogP contribution in [0, 0.1) is 11.3 Å². The molecule has 0 radical (unpaired) electrons. The van der Waals surface area contributed by atoms with Crippen LogP contribution in [0.25, 0.3) is 16.8 Å². The number of benzene rings is 3. The predicted molar refractivity (Wildman–Crippen MR) is 119 cm³/mol. The normalized spacial score (nSPS) is 10.5. The lowest BCUT2D eigenvalue weighted by Crippen LogP contribution is -1.98. The van der Waals surface area contributed by atoms with Gasteiger partial charge in [0.15, 0.2) is 0 Å². The predicted octanol–water partition coefficient (Wildman–Crippen LogP) is 5.95. The highest BCUT2D eigenvalue weighted by atomic mass is 35.5. The summed E-state index contributed by atoms with van der Waals surface area (Å²) in [4.78, 5) is 11.1.